The summed E-state index contributed by atoms with van der Waals surface area (Å²) < 4.78 is 29.2. The van der Waals surface area contributed by atoms with Crippen LogP contribution in [0.5, 0.6) is 5.75 Å². The molecule has 0 spiro atoms. The van der Waals surface area contributed by atoms with Gasteiger partial charge in [-0.25, -0.2) is 8.42 Å². The number of rotatable bonds is 5. The third kappa shape index (κ3) is 4.90. The Morgan fingerprint density at radius 3 is 2.68 bits per heavy atom. The fraction of sp³-hybridized carbons (Fsp3) is 0.458. The van der Waals surface area contributed by atoms with Gasteiger partial charge >= 0.3 is 0 Å². The number of nitrogens with zero attached hydrogens (tertiary/aromatic N) is 2. The van der Waals surface area contributed by atoms with Gasteiger partial charge < -0.3 is 4.74 Å². The summed E-state index contributed by atoms with van der Waals surface area (Å²) >= 11 is 6.24. The lowest BCUT2D eigenvalue weighted by molar-refractivity contribution is 0.164. The molecule has 2 aromatic carbocycles. The van der Waals surface area contributed by atoms with E-state index in [4.69, 9.17) is 16.3 Å². The van der Waals surface area contributed by atoms with Crippen molar-refractivity contribution >= 4 is 21.4 Å². The van der Waals surface area contributed by atoms with Gasteiger partial charge in [0, 0.05) is 35.8 Å². The van der Waals surface area contributed by atoms with Crippen LogP contribution in [0.15, 0.2) is 41.3 Å². The van der Waals surface area contributed by atoms with E-state index in [1.807, 2.05) is 6.07 Å². The van der Waals surface area contributed by atoms with Gasteiger partial charge in [-0.3, -0.25) is 4.90 Å². The van der Waals surface area contributed by atoms with Crippen LogP contribution >= 0.6 is 11.6 Å². The van der Waals surface area contributed by atoms with Crippen LogP contribution in [-0.2, 0) is 22.7 Å². The predicted octanol–water partition coefficient (Wildman–Crippen LogP) is 4.26. The van der Waals surface area contributed by atoms with Crippen LogP contribution in [0.2, 0.25) is 5.02 Å². The molecule has 0 aromatic heterocycles. The van der Waals surface area contributed by atoms with Crippen molar-refractivity contribution in [3.05, 3.63) is 58.1 Å². The summed E-state index contributed by atoms with van der Waals surface area (Å²) in [6.07, 6.45) is 5.17. The van der Waals surface area contributed by atoms with Gasteiger partial charge in [-0.15, -0.1) is 0 Å². The molecular weight excluding hydrogens is 432 g/mol. The second kappa shape index (κ2) is 8.82. The van der Waals surface area contributed by atoms with Gasteiger partial charge in [-0.2, -0.15) is 5.26 Å². The quantitative estimate of drug-likeness (QED) is 0.669. The third-order valence-electron chi connectivity index (χ3n) is 6.53. The molecule has 0 bridgehead atoms. The van der Waals surface area contributed by atoms with E-state index >= 15 is 0 Å². The number of halogens is 1. The van der Waals surface area contributed by atoms with E-state index in [0.29, 0.717) is 45.8 Å². The van der Waals surface area contributed by atoms with Gasteiger partial charge in [-0.05, 0) is 80.1 Å². The molecule has 0 unspecified atom stereocenters. The summed E-state index contributed by atoms with van der Waals surface area (Å²) in [7, 11) is -3.19. The van der Waals surface area contributed by atoms with Crippen molar-refractivity contribution in [2.75, 3.05) is 19.4 Å². The highest BCUT2D eigenvalue weighted by Crippen LogP contribution is 2.34. The molecule has 5 nitrogen and oxygen atoms in total. The van der Waals surface area contributed by atoms with Crippen molar-refractivity contribution in [3.63, 3.8) is 0 Å². The zero-order valence-electron chi connectivity index (χ0n) is 17.8. The summed E-state index contributed by atoms with van der Waals surface area (Å²) in [5, 5.41) is 10.1. The minimum atomic E-state index is -3.19. The second-order valence-electron chi connectivity index (χ2n) is 8.80. The Labute approximate surface area is 189 Å². The molecule has 7 heteroatoms. The number of sulfone groups is 1. The normalized spacial score (nSPS) is 23.9. The first-order valence-electron chi connectivity index (χ1n) is 10.6. The molecule has 2 aromatic rings. The van der Waals surface area contributed by atoms with Crippen LogP contribution in [0.1, 0.15) is 36.5 Å². The van der Waals surface area contributed by atoms with Gasteiger partial charge in [0.15, 0.2) is 9.84 Å². The van der Waals surface area contributed by atoms with Crippen molar-refractivity contribution in [1.82, 2.24) is 4.90 Å². The lowest BCUT2D eigenvalue weighted by Gasteiger charge is -2.35. The summed E-state index contributed by atoms with van der Waals surface area (Å²) in [5.74, 6) is 1.13. The number of hydrogen-bond acceptors (Lipinski definition) is 5. The van der Waals surface area contributed by atoms with Gasteiger partial charge in [-0.1, -0.05) is 11.6 Å². The Kier molecular flexibility index (Phi) is 6.30. The topological polar surface area (TPSA) is 70.4 Å². The third-order valence-corrected chi connectivity index (χ3v) is 7.87. The van der Waals surface area contributed by atoms with E-state index in [-0.39, 0.29) is 0 Å². The summed E-state index contributed by atoms with van der Waals surface area (Å²) in [5.41, 5.74) is 3.08. The molecule has 0 radical (unpaired) electrons. The highest BCUT2D eigenvalue weighted by atomic mass is 35.5. The van der Waals surface area contributed by atoms with Crippen LogP contribution in [0.25, 0.3) is 0 Å². The lowest BCUT2D eigenvalue weighted by atomic mass is 9.85. The van der Waals surface area contributed by atoms with Crippen LogP contribution in [0.4, 0.5) is 0 Å². The smallest absolute Gasteiger partial charge is 0.175 e. The van der Waals surface area contributed by atoms with Crippen molar-refractivity contribution in [3.8, 4) is 11.8 Å². The molecule has 3 atom stereocenters. The average molecular weight is 459 g/mol. The molecule has 1 aliphatic heterocycles. The lowest BCUT2D eigenvalue weighted by Crippen LogP contribution is -2.41. The molecule has 164 valence electrons. The molecule has 1 saturated heterocycles. The number of fused-ring (bicyclic) bond motifs is 1. The standard InChI is InChI=1S/C24H27ClN2O3S/c1-16-9-17(15-30-22-4-6-23(7-5-22)31(2,28)29)14-27(16)21-3-8-24-18(12-21)10-20(25)11-19(24)13-26/h4-7,10-11,16-17,21H,3,8-9,12,14-15H2,1-2H3/t16-,17+,21-/m1/s1. The Bertz CT molecular complexity index is 1110. The summed E-state index contributed by atoms with van der Waals surface area (Å²) in [6, 6.07) is 13.6. The van der Waals surface area contributed by atoms with Gasteiger partial charge in [0.1, 0.15) is 5.75 Å². The zero-order valence-corrected chi connectivity index (χ0v) is 19.4. The Hall–Kier alpha value is -2.07. The van der Waals surface area contributed by atoms with Crippen LogP contribution < -0.4 is 4.74 Å². The fourth-order valence-electron chi connectivity index (χ4n) is 5.02. The number of nitriles is 1. The number of hydrogen-bond donors (Lipinski definition) is 0. The van der Waals surface area contributed by atoms with Gasteiger partial charge in [0.25, 0.3) is 0 Å². The van der Waals surface area contributed by atoms with Crippen LogP contribution in [-0.4, -0.2) is 44.8 Å². The van der Waals surface area contributed by atoms with E-state index in [1.165, 1.54) is 11.8 Å². The first-order valence-corrected chi connectivity index (χ1v) is 12.9. The van der Waals surface area contributed by atoms with E-state index in [0.717, 1.165) is 37.8 Å². The number of benzene rings is 2. The Morgan fingerprint density at radius 2 is 2.00 bits per heavy atom. The maximum Gasteiger partial charge on any atom is 0.175 e. The fourth-order valence-corrected chi connectivity index (χ4v) is 5.89. The predicted molar refractivity (Wildman–Crippen MR) is 121 cm³/mol. The molecule has 1 heterocycles. The summed E-state index contributed by atoms with van der Waals surface area (Å²) in [4.78, 5) is 2.88. The molecule has 1 aliphatic carbocycles. The number of ether oxygens (including phenoxy) is 1. The second-order valence-corrected chi connectivity index (χ2v) is 11.3. The SMILES string of the molecule is C[C@@H]1C[C@H](COc2ccc(S(C)(=O)=O)cc2)CN1[C@@H]1CCc2c(C#N)cc(Cl)cc2C1. The average Bonchev–Trinajstić information content (AvgIpc) is 3.11. The first-order chi connectivity index (χ1) is 14.7. The summed E-state index contributed by atoms with van der Waals surface area (Å²) in [6.45, 7) is 3.87. The molecule has 2 aliphatic rings. The maximum atomic E-state index is 11.6. The minimum Gasteiger partial charge on any atom is -0.493 e. The molecule has 1 fully saturated rings. The van der Waals surface area contributed by atoms with Crippen LogP contribution in [0.3, 0.4) is 0 Å². The van der Waals surface area contributed by atoms with E-state index in [9.17, 15) is 13.7 Å². The minimum absolute atomic E-state index is 0.303. The van der Waals surface area contributed by atoms with E-state index < -0.39 is 9.84 Å². The zero-order chi connectivity index (χ0) is 22.2. The molecule has 0 amide bonds. The van der Waals surface area contributed by atoms with Crippen molar-refractivity contribution < 1.29 is 13.2 Å². The molecule has 0 N–H and O–H groups in total. The maximum absolute atomic E-state index is 11.6. The highest BCUT2D eigenvalue weighted by Gasteiger charge is 2.36. The van der Waals surface area contributed by atoms with Crippen molar-refractivity contribution in [1.29, 1.82) is 5.26 Å². The van der Waals surface area contributed by atoms with Crippen molar-refractivity contribution in [2.24, 2.45) is 5.92 Å². The monoisotopic (exact) mass is 458 g/mol. The highest BCUT2D eigenvalue weighted by molar-refractivity contribution is 7.90. The Morgan fingerprint density at radius 1 is 1.26 bits per heavy atom. The molecule has 0 saturated carbocycles. The first kappa shape index (κ1) is 22.1. The molecular formula is C24H27ClN2O3S. The van der Waals surface area contributed by atoms with Gasteiger partial charge in [0.2, 0.25) is 0 Å². The Balaban J connectivity index is 1.37. The molecule has 4 rings (SSSR count). The van der Waals surface area contributed by atoms with E-state index in [2.05, 4.69) is 17.9 Å². The van der Waals surface area contributed by atoms with Gasteiger partial charge in [0.05, 0.1) is 23.1 Å². The van der Waals surface area contributed by atoms with Crippen LogP contribution in [0, 0.1) is 17.2 Å². The van der Waals surface area contributed by atoms with E-state index in [1.54, 1.807) is 30.3 Å². The molecule has 31 heavy (non-hydrogen) atoms. The number of likely N-dealkylation sites (tertiary alicyclic amines) is 1. The largest absolute Gasteiger partial charge is 0.493 e. The van der Waals surface area contributed by atoms with Crippen molar-refractivity contribution in [2.45, 2.75) is 49.6 Å².